The fourth-order valence-electron chi connectivity index (χ4n) is 3.29. The molecule has 0 amide bonds. The summed E-state index contributed by atoms with van der Waals surface area (Å²) < 4.78 is 10.8. The van der Waals surface area contributed by atoms with Crippen molar-refractivity contribution in [2.45, 2.75) is 6.61 Å². The second-order valence-electron chi connectivity index (χ2n) is 6.24. The number of phenolic OH excluding ortho intramolecular Hbond substituents is 1. The fourth-order valence-corrected chi connectivity index (χ4v) is 3.29. The number of ether oxygens (including phenoxy) is 2. The summed E-state index contributed by atoms with van der Waals surface area (Å²) in [7, 11) is 1.30. The maximum Gasteiger partial charge on any atom is 0.342 e. The van der Waals surface area contributed by atoms with E-state index in [2.05, 4.69) is 0 Å². The molecule has 0 aliphatic rings. The van der Waals surface area contributed by atoms with E-state index in [0.29, 0.717) is 23.1 Å². The number of hydrogen-bond acceptors (Lipinski definition) is 4. The standard InChI is InChI=1S/C23H18O4/c1-26-23(25)21-20-13-16(27-14-15-7-3-2-4-8-15)11-12-18(20)17-9-5-6-10-19(17)22(21)24/h2-13,24H,14H2,1H3. The van der Waals surface area contributed by atoms with Crippen LogP contribution in [-0.4, -0.2) is 18.2 Å². The van der Waals surface area contributed by atoms with Crippen molar-refractivity contribution in [3.05, 3.63) is 83.9 Å². The molecule has 0 aromatic heterocycles. The highest BCUT2D eigenvalue weighted by molar-refractivity contribution is 6.19. The zero-order chi connectivity index (χ0) is 18.8. The predicted octanol–water partition coefficient (Wildman–Crippen LogP) is 5.06. The molecule has 1 N–H and O–H groups in total. The van der Waals surface area contributed by atoms with Crippen LogP contribution in [0.15, 0.2) is 72.8 Å². The fraction of sp³-hybridized carbons (Fsp3) is 0.0870. The normalized spacial score (nSPS) is 10.9. The molecule has 0 spiro atoms. The highest BCUT2D eigenvalue weighted by atomic mass is 16.5. The summed E-state index contributed by atoms with van der Waals surface area (Å²) in [6, 6.07) is 22.8. The summed E-state index contributed by atoms with van der Waals surface area (Å²) in [4.78, 5) is 12.4. The third-order valence-electron chi connectivity index (χ3n) is 4.61. The molecule has 0 fully saturated rings. The van der Waals surface area contributed by atoms with E-state index in [-0.39, 0.29) is 11.3 Å². The predicted molar refractivity (Wildman–Crippen MR) is 105 cm³/mol. The quantitative estimate of drug-likeness (QED) is 0.409. The molecule has 0 heterocycles. The largest absolute Gasteiger partial charge is 0.506 e. The molecule has 0 unspecified atom stereocenters. The van der Waals surface area contributed by atoms with Gasteiger partial charge in [0.25, 0.3) is 0 Å². The Labute approximate surface area is 156 Å². The minimum atomic E-state index is -0.580. The molecule has 4 rings (SSSR count). The molecule has 4 heteroatoms. The van der Waals surface area contributed by atoms with Crippen molar-refractivity contribution < 1.29 is 19.4 Å². The lowest BCUT2D eigenvalue weighted by Crippen LogP contribution is -2.04. The average Bonchev–Trinajstić information content (AvgIpc) is 2.73. The molecule has 134 valence electrons. The van der Waals surface area contributed by atoms with Gasteiger partial charge in [0.05, 0.1) is 7.11 Å². The number of aromatic hydroxyl groups is 1. The van der Waals surface area contributed by atoms with E-state index in [0.717, 1.165) is 16.3 Å². The molecule has 4 nitrogen and oxygen atoms in total. The highest BCUT2D eigenvalue weighted by Crippen LogP contribution is 2.39. The Morgan fingerprint density at radius 2 is 1.52 bits per heavy atom. The van der Waals surface area contributed by atoms with Crippen LogP contribution in [0.4, 0.5) is 0 Å². The molecule has 27 heavy (non-hydrogen) atoms. The maximum absolute atomic E-state index is 12.4. The average molecular weight is 358 g/mol. The van der Waals surface area contributed by atoms with Crippen LogP contribution in [0, 0.1) is 0 Å². The number of methoxy groups -OCH3 is 1. The first kappa shape index (κ1) is 16.9. The minimum absolute atomic E-state index is 0.0786. The van der Waals surface area contributed by atoms with Crippen LogP contribution >= 0.6 is 0 Å². The van der Waals surface area contributed by atoms with E-state index in [4.69, 9.17) is 9.47 Å². The second kappa shape index (κ2) is 7.00. The molecular formula is C23H18O4. The Morgan fingerprint density at radius 3 is 2.26 bits per heavy atom. The second-order valence-corrected chi connectivity index (χ2v) is 6.24. The molecule has 0 bridgehead atoms. The van der Waals surface area contributed by atoms with Gasteiger partial charge in [-0.15, -0.1) is 0 Å². The van der Waals surface area contributed by atoms with E-state index >= 15 is 0 Å². The molecule has 0 aliphatic carbocycles. The first-order valence-corrected chi connectivity index (χ1v) is 8.61. The van der Waals surface area contributed by atoms with Gasteiger partial charge < -0.3 is 14.6 Å². The van der Waals surface area contributed by atoms with Crippen LogP contribution in [0.5, 0.6) is 11.5 Å². The van der Waals surface area contributed by atoms with Crippen LogP contribution in [0.25, 0.3) is 21.5 Å². The lowest BCUT2D eigenvalue weighted by Gasteiger charge is -2.14. The van der Waals surface area contributed by atoms with Gasteiger partial charge >= 0.3 is 5.97 Å². The summed E-state index contributed by atoms with van der Waals surface area (Å²) in [5.74, 6) is -0.0418. The molecule has 0 saturated carbocycles. The van der Waals surface area contributed by atoms with E-state index < -0.39 is 5.97 Å². The van der Waals surface area contributed by atoms with Gasteiger partial charge in [0.1, 0.15) is 23.7 Å². The number of esters is 1. The third kappa shape index (κ3) is 3.06. The molecule has 4 aromatic carbocycles. The summed E-state index contributed by atoms with van der Waals surface area (Å²) in [5.41, 5.74) is 1.20. The van der Waals surface area contributed by atoms with Crippen LogP contribution in [0.1, 0.15) is 15.9 Å². The van der Waals surface area contributed by atoms with Crippen molar-refractivity contribution >= 4 is 27.5 Å². The smallest absolute Gasteiger partial charge is 0.342 e. The Kier molecular flexibility index (Phi) is 4.38. The molecule has 0 aliphatic heterocycles. The summed E-state index contributed by atoms with van der Waals surface area (Å²) >= 11 is 0. The lowest BCUT2D eigenvalue weighted by molar-refractivity contribution is 0.0600. The SMILES string of the molecule is COC(=O)c1c(O)c2ccccc2c2ccc(OCc3ccccc3)cc12. The third-order valence-corrected chi connectivity index (χ3v) is 4.61. The van der Waals surface area contributed by atoms with Crippen LogP contribution in [-0.2, 0) is 11.3 Å². The van der Waals surface area contributed by atoms with Crippen molar-refractivity contribution in [2.24, 2.45) is 0 Å². The zero-order valence-electron chi connectivity index (χ0n) is 14.8. The molecule has 0 atom stereocenters. The van der Waals surface area contributed by atoms with E-state index in [1.54, 1.807) is 12.1 Å². The molecule has 4 aromatic rings. The van der Waals surface area contributed by atoms with Gasteiger partial charge in [-0.05, 0) is 28.5 Å². The van der Waals surface area contributed by atoms with E-state index in [1.165, 1.54) is 7.11 Å². The van der Waals surface area contributed by atoms with Crippen molar-refractivity contribution in [1.29, 1.82) is 0 Å². The number of fused-ring (bicyclic) bond motifs is 3. The van der Waals surface area contributed by atoms with E-state index in [1.807, 2.05) is 60.7 Å². The zero-order valence-corrected chi connectivity index (χ0v) is 14.8. The Balaban J connectivity index is 1.86. The molecular weight excluding hydrogens is 340 g/mol. The summed E-state index contributed by atoms with van der Waals surface area (Å²) in [6.45, 7) is 0.416. The van der Waals surface area contributed by atoms with Gasteiger partial charge in [-0.1, -0.05) is 60.7 Å². The Bertz CT molecular complexity index is 1130. The van der Waals surface area contributed by atoms with Gasteiger partial charge in [0, 0.05) is 10.8 Å². The summed E-state index contributed by atoms with van der Waals surface area (Å²) in [5, 5.41) is 13.6. The van der Waals surface area contributed by atoms with Gasteiger partial charge in [-0.25, -0.2) is 4.79 Å². The van der Waals surface area contributed by atoms with Crippen molar-refractivity contribution in [2.75, 3.05) is 7.11 Å². The Hall–Kier alpha value is -3.53. The van der Waals surface area contributed by atoms with Gasteiger partial charge in [0.2, 0.25) is 0 Å². The number of hydrogen-bond donors (Lipinski definition) is 1. The van der Waals surface area contributed by atoms with Gasteiger partial charge in [-0.3, -0.25) is 0 Å². The number of carbonyl (C=O) groups excluding carboxylic acids is 1. The number of rotatable bonds is 4. The topological polar surface area (TPSA) is 55.8 Å². The minimum Gasteiger partial charge on any atom is -0.506 e. The highest BCUT2D eigenvalue weighted by Gasteiger charge is 2.20. The molecule has 0 saturated heterocycles. The molecule has 0 radical (unpaired) electrons. The first-order chi connectivity index (χ1) is 13.2. The maximum atomic E-state index is 12.4. The van der Waals surface area contributed by atoms with Crippen molar-refractivity contribution in [3.8, 4) is 11.5 Å². The summed E-state index contributed by atoms with van der Waals surface area (Å²) in [6.07, 6.45) is 0. The number of phenols is 1. The van der Waals surface area contributed by atoms with Crippen LogP contribution < -0.4 is 4.74 Å². The monoisotopic (exact) mass is 358 g/mol. The van der Waals surface area contributed by atoms with Crippen molar-refractivity contribution in [1.82, 2.24) is 0 Å². The van der Waals surface area contributed by atoms with Crippen LogP contribution in [0.3, 0.4) is 0 Å². The van der Waals surface area contributed by atoms with Crippen LogP contribution in [0.2, 0.25) is 0 Å². The van der Waals surface area contributed by atoms with Gasteiger partial charge in [-0.2, -0.15) is 0 Å². The number of carbonyl (C=O) groups is 1. The lowest BCUT2D eigenvalue weighted by atomic mass is 9.95. The number of benzene rings is 4. The first-order valence-electron chi connectivity index (χ1n) is 8.61. The van der Waals surface area contributed by atoms with Crippen molar-refractivity contribution in [3.63, 3.8) is 0 Å². The van der Waals surface area contributed by atoms with Gasteiger partial charge in [0.15, 0.2) is 0 Å². The van der Waals surface area contributed by atoms with E-state index in [9.17, 15) is 9.90 Å². The Morgan fingerprint density at radius 1 is 0.852 bits per heavy atom.